The molecule has 0 saturated heterocycles. The molecule has 0 fully saturated rings. The van der Waals surface area contributed by atoms with Gasteiger partial charge < -0.3 is 20.6 Å². The minimum Gasteiger partial charge on any atom is -0.481 e. The molecule has 0 aromatic heterocycles. The lowest BCUT2D eigenvalue weighted by molar-refractivity contribution is -0.141. The molecule has 1 aromatic carbocycles. The first-order chi connectivity index (χ1) is 11.7. The zero-order valence-corrected chi connectivity index (χ0v) is 15.2. The molecule has 0 spiro atoms. The Morgan fingerprint density at radius 1 is 1.24 bits per heavy atom. The summed E-state index contributed by atoms with van der Waals surface area (Å²) >= 11 is 0. The van der Waals surface area contributed by atoms with E-state index in [-0.39, 0.29) is 31.1 Å². The summed E-state index contributed by atoms with van der Waals surface area (Å²) in [7, 11) is 1.55. The van der Waals surface area contributed by atoms with Gasteiger partial charge in [-0.3, -0.25) is 9.59 Å². The molecule has 3 amide bonds. The lowest BCUT2D eigenvalue weighted by atomic mass is 10.1. The summed E-state index contributed by atoms with van der Waals surface area (Å²) in [5, 5.41) is 14.5. The van der Waals surface area contributed by atoms with Gasteiger partial charge in [0.15, 0.2) is 0 Å². The van der Waals surface area contributed by atoms with Crippen LogP contribution in [-0.4, -0.2) is 47.5 Å². The van der Waals surface area contributed by atoms with Gasteiger partial charge in [-0.05, 0) is 31.0 Å². The summed E-state index contributed by atoms with van der Waals surface area (Å²) in [5.41, 5.74) is 1.34. The van der Waals surface area contributed by atoms with Crippen LogP contribution in [0.3, 0.4) is 0 Å². The van der Waals surface area contributed by atoms with Gasteiger partial charge >= 0.3 is 12.0 Å². The second-order valence-electron chi connectivity index (χ2n) is 6.26. The SMILES string of the molecule is CCC(C)NC(=O)c1cccc(CNC(=O)N(C)CC(C)C(=O)O)c1. The molecule has 7 nitrogen and oxygen atoms in total. The zero-order valence-electron chi connectivity index (χ0n) is 15.2. The van der Waals surface area contributed by atoms with E-state index in [1.54, 1.807) is 32.2 Å². The highest BCUT2D eigenvalue weighted by Crippen LogP contribution is 2.07. The number of urea groups is 1. The van der Waals surface area contributed by atoms with Gasteiger partial charge in [-0.25, -0.2) is 4.79 Å². The Bertz CT molecular complexity index is 618. The largest absolute Gasteiger partial charge is 0.481 e. The standard InChI is InChI=1S/C18H27N3O4/c1-5-13(3)20-16(22)15-8-6-7-14(9-15)10-19-18(25)21(4)11-12(2)17(23)24/h6-9,12-13H,5,10-11H2,1-4H3,(H,19,25)(H,20,22)(H,23,24). The molecule has 0 aliphatic heterocycles. The molecule has 1 rings (SSSR count). The van der Waals surface area contributed by atoms with E-state index in [9.17, 15) is 14.4 Å². The predicted octanol–water partition coefficient (Wildman–Crippen LogP) is 2.08. The molecule has 0 saturated carbocycles. The molecule has 0 bridgehead atoms. The van der Waals surface area contributed by atoms with E-state index in [1.807, 2.05) is 19.9 Å². The Kier molecular flexibility index (Phi) is 7.91. The van der Waals surface area contributed by atoms with Gasteiger partial charge in [0.2, 0.25) is 0 Å². The Morgan fingerprint density at radius 2 is 1.92 bits per heavy atom. The summed E-state index contributed by atoms with van der Waals surface area (Å²) in [4.78, 5) is 36.3. The Balaban J connectivity index is 2.60. The van der Waals surface area contributed by atoms with Crippen LogP contribution in [0.4, 0.5) is 4.79 Å². The Morgan fingerprint density at radius 3 is 2.52 bits per heavy atom. The third kappa shape index (κ3) is 6.82. The van der Waals surface area contributed by atoms with Crippen LogP contribution < -0.4 is 10.6 Å². The number of nitrogens with zero attached hydrogens (tertiary/aromatic N) is 1. The predicted molar refractivity (Wildman–Crippen MR) is 95.3 cm³/mol. The number of carbonyl (C=O) groups excluding carboxylic acids is 2. The van der Waals surface area contributed by atoms with Crippen LogP contribution in [0.5, 0.6) is 0 Å². The molecule has 0 radical (unpaired) electrons. The van der Waals surface area contributed by atoms with E-state index >= 15 is 0 Å². The summed E-state index contributed by atoms with van der Waals surface area (Å²) in [5.74, 6) is -1.72. The number of nitrogens with one attached hydrogen (secondary N) is 2. The van der Waals surface area contributed by atoms with Crippen LogP contribution in [0, 0.1) is 5.92 Å². The quantitative estimate of drug-likeness (QED) is 0.669. The van der Waals surface area contributed by atoms with Gasteiger partial charge in [0.1, 0.15) is 0 Å². The lowest BCUT2D eigenvalue weighted by Crippen LogP contribution is -2.40. The van der Waals surface area contributed by atoms with Crippen LogP contribution in [0.2, 0.25) is 0 Å². The van der Waals surface area contributed by atoms with Gasteiger partial charge in [0.25, 0.3) is 5.91 Å². The van der Waals surface area contributed by atoms with Crippen LogP contribution >= 0.6 is 0 Å². The third-order valence-corrected chi connectivity index (χ3v) is 3.94. The fourth-order valence-corrected chi connectivity index (χ4v) is 2.12. The number of aliphatic carboxylic acids is 1. The van der Waals surface area contributed by atoms with E-state index in [2.05, 4.69) is 10.6 Å². The normalized spacial score (nSPS) is 12.8. The number of hydrogen-bond acceptors (Lipinski definition) is 3. The Hall–Kier alpha value is -2.57. The van der Waals surface area contributed by atoms with Crippen molar-refractivity contribution >= 4 is 17.9 Å². The average molecular weight is 349 g/mol. The summed E-state index contributed by atoms with van der Waals surface area (Å²) in [6.45, 7) is 5.87. The maximum absolute atomic E-state index is 12.1. The molecule has 0 aliphatic carbocycles. The monoisotopic (exact) mass is 349 g/mol. The van der Waals surface area contributed by atoms with Crippen LogP contribution in [0.25, 0.3) is 0 Å². The molecule has 1 aromatic rings. The first-order valence-electron chi connectivity index (χ1n) is 8.36. The second-order valence-corrected chi connectivity index (χ2v) is 6.26. The van der Waals surface area contributed by atoms with Crippen LogP contribution in [0.1, 0.15) is 43.1 Å². The van der Waals surface area contributed by atoms with E-state index in [1.165, 1.54) is 4.90 Å². The van der Waals surface area contributed by atoms with Crippen LogP contribution in [-0.2, 0) is 11.3 Å². The molecule has 25 heavy (non-hydrogen) atoms. The van der Waals surface area contributed by atoms with Crippen LogP contribution in [0.15, 0.2) is 24.3 Å². The maximum Gasteiger partial charge on any atom is 0.317 e. The van der Waals surface area contributed by atoms with E-state index in [0.717, 1.165) is 12.0 Å². The van der Waals surface area contributed by atoms with Gasteiger partial charge in [-0.15, -0.1) is 0 Å². The van der Waals surface area contributed by atoms with Gasteiger partial charge in [0, 0.05) is 31.7 Å². The van der Waals surface area contributed by atoms with Crippen molar-refractivity contribution in [2.24, 2.45) is 5.92 Å². The van der Waals surface area contributed by atoms with Crippen molar-refractivity contribution in [3.8, 4) is 0 Å². The zero-order chi connectivity index (χ0) is 19.0. The van der Waals surface area contributed by atoms with Crippen molar-refractivity contribution < 1.29 is 19.5 Å². The van der Waals surface area contributed by atoms with Gasteiger partial charge in [-0.1, -0.05) is 26.0 Å². The number of carboxylic acid groups (broad SMARTS) is 1. The number of carboxylic acids is 1. The first-order valence-corrected chi connectivity index (χ1v) is 8.36. The molecule has 0 aliphatic rings. The van der Waals surface area contributed by atoms with Crippen molar-refractivity contribution in [1.82, 2.24) is 15.5 Å². The number of carbonyl (C=O) groups is 3. The summed E-state index contributed by atoms with van der Waals surface area (Å²) < 4.78 is 0. The van der Waals surface area contributed by atoms with Crippen molar-refractivity contribution in [1.29, 1.82) is 0 Å². The molecule has 2 atom stereocenters. The molecule has 7 heteroatoms. The topological polar surface area (TPSA) is 98.7 Å². The van der Waals surface area contributed by atoms with E-state index in [4.69, 9.17) is 5.11 Å². The van der Waals surface area contributed by atoms with E-state index in [0.29, 0.717) is 5.56 Å². The highest BCUT2D eigenvalue weighted by molar-refractivity contribution is 5.94. The fraction of sp³-hybridized carbons (Fsp3) is 0.500. The number of benzene rings is 1. The first kappa shape index (κ1) is 20.5. The molecular weight excluding hydrogens is 322 g/mol. The van der Waals surface area contributed by atoms with Crippen molar-refractivity contribution in [2.45, 2.75) is 39.8 Å². The minimum atomic E-state index is -0.945. The number of amides is 3. The smallest absolute Gasteiger partial charge is 0.317 e. The Labute approximate surface area is 148 Å². The molecule has 3 N–H and O–H groups in total. The molecule has 2 unspecified atom stereocenters. The average Bonchev–Trinajstić information content (AvgIpc) is 2.59. The second kappa shape index (κ2) is 9.66. The molecular formula is C18H27N3O4. The summed E-state index contributed by atoms with van der Waals surface area (Å²) in [6.07, 6.45) is 0.850. The highest BCUT2D eigenvalue weighted by atomic mass is 16.4. The molecule has 0 heterocycles. The summed E-state index contributed by atoms with van der Waals surface area (Å²) in [6, 6.07) is 6.79. The third-order valence-electron chi connectivity index (χ3n) is 3.94. The number of rotatable bonds is 8. The van der Waals surface area contributed by atoms with E-state index < -0.39 is 11.9 Å². The minimum absolute atomic E-state index is 0.0979. The highest BCUT2D eigenvalue weighted by Gasteiger charge is 2.17. The molecule has 138 valence electrons. The van der Waals surface area contributed by atoms with Crippen molar-refractivity contribution in [3.63, 3.8) is 0 Å². The fourth-order valence-electron chi connectivity index (χ4n) is 2.12. The maximum atomic E-state index is 12.1. The number of hydrogen-bond donors (Lipinski definition) is 3. The lowest BCUT2D eigenvalue weighted by Gasteiger charge is -2.20. The van der Waals surface area contributed by atoms with Gasteiger partial charge in [0.05, 0.1) is 5.92 Å². The van der Waals surface area contributed by atoms with Gasteiger partial charge in [-0.2, -0.15) is 0 Å². The van der Waals surface area contributed by atoms with Crippen molar-refractivity contribution in [3.05, 3.63) is 35.4 Å². The van der Waals surface area contributed by atoms with Crippen molar-refractivity contribution in [2.75, 3.05) is 13.6 Å².